The number of unbranched alkanes of at least 4 members (excludes halogenated alkanes) is 1. The van der Waals surface area contributed by atoms with Crippen molar-refractivity contribution < 1.29 is 14.7 Å². The fourth-order valence-electron chi connectivity index (χ4n) is 2.71. The van der Waals surface area contributed by atoms with Crippen molar-refractivity contribution in [3.05, 3.63) is 52.5 Å². The molecule has 0 bridgehead atoms. The zero-order valence-electron chi connectivity index (χ0n) is 14.2. The van der Waals surface area contributed by atoms with Crippen LogP contribution in [0.1, 0.15) is 40.9 Å². The molecule has 2 heterocycles. The summed E-state index contributed by atoms with van der Waals surface area (Å²) < 4.78 is 0. The first-order valence-corrected chi connectivity index (χ1v) is 9.68. The Morgan fingerprint density at radius 3 is 2.62 bits per heavy atom. The van der Waals surface area contributed by atoms with Gasteiger partial charge in [-0.1, -0.05) is 36.5 Å². The van der Waals surface area contributed by atoms with Crippen LogP contribution in [-0.4, -0.2) is 28.3 Å². The zero-order chi connectivity index (χ0) is 18.5. The van der Waals surface area contributed by atoms with E-state index in [0.717, 1.165) is 15.3 Å². The molecular formula is C20H19NO3S2. The molecule has 1 aliphatic heterocycles. The normalized spacial score (nSPS) is 15.5. The Hall–Kier alpha value is -2.15. The van der Waals surface area contributed by atoms with E-state index in [-0.39, 0.29) is 24.6 Å². The Bertz CT molecular complexity index is 865. The molecule has 4 nitrogen and oxygen atoms in total. The maximum Gasteiger partial charge on any atom is 0.185 e. The number of ketones is 2. The number of benzene rings is 1. The number of rotatable bonds is 7. The van der Waals surface area contributed by atoms with Crippen molar-refractivity contribution in [1.82, 2.24) is 5.32 Å². The summed E-state index contributed by atoms with van der Waals surface area (Å²) in [6.45, 7) is 0.121. The number of aliphatic hydroxyl groups is 1. The standard InChI is InChI=1S/C20H19NO3S2/c22-10-2-1-3-17(23)13-4-6-14(7-5-13)19-9-8-15(26-19)11-16-18(24)12-20(25)21-16/h4-9,11,22H,1-3,10,12H2,(H,21,25)/b16-11+. The predicted molar refractivity (Wildman–Crippen MR) is 108 cm³/mol. The van der Waals surface area contributed by atoms with Crippen LogP contribution >= 0.6 is 23.6 Å². The third-order valence-electron chi connectivity index (χ3n) is 4.11. The highest BCUT2D eigenvalue weighted by atomic mass is 32.1. The molecule has 134 valence electrons. The summed E-state index contributed by atoms with van der Waals surface area (Å²) in [5.41, 5.74) is 2.28. The number of hydrogen-bond acceptors (Lipinski definition) is 5. The fraction of sp³-hybridized carbons (Fsp3) is 0.250. The van der Waals surface area contributed by atoms with E-state index in [1.165, 1.54) is 0 Å². The third kappa shape index (κ3) is 4.52. The van der Waals surface area contributed by atoms with Gasteiger partial charge in [-0.15, -0.1) is 11.3 Å². The van der Waals surface area contributed by atoms with Crippen LogP contribution in [-0.2, 0) is 4.79 Å². The number of carbonyl (C=O) groups excluding carboxylic acids is 2. The molecule has 6 heteroatoms. The van der Waals surface area contributed by atoms with E-state index in [1.807, 2.05) is 42.5 Å². The second kappa shape index (κ2) is 8.49. The summed E-state index contributed by atoms with van der Waals surface area (Å²) in [7, 11) is 0. The average molecular weight is 386 g/mol. The Morgan fingerprint density at radius 2 is 1.96 bits per heavy atom. The van der Waals surface area contributed by atoms with E-state index in [2.05, 4.69) is 5.32 Å². The lowest BCUT2D eigenvalue weighted by atomic mass is 10.0. The molecule has 0 atom stereocenters. The number of thiocarbonyl (C=S) groups is 1. The maximum atomic E-state index is 12.1. The van der Waals surface area contributed by atoms with Gasteiger partial charge in [-0.2, -0.15) is 0 Å². The molecule has 0 unspecified atom stereocenters. The fourth-order valence-corrected chi connectivity index (χ4v) is 3.91. The van der Waals surface area contributed by atoms with E-state index in [9.17, 15) is 9.59 Å². The zero-order valence-corrected chi connectivity index (χ0v) is 15.8. The number of hydrogen-bond donors (Lipinski definition) is 2. The van der Waals surface area contributed by atoms with Gasteiger partial charge in [-0.3, -0.25) is 9.59 Å². The van der Waals surface area contributed by atoms with E-state index < -0.39 is 0 Å². The molecule has 0 saturated carbocycles. The summed E-state index contributed by atoms with van der Waals surface area (Å²) in [5, 5.41) is 11.7. The van der Waals surface area contributed by atoms with Crippen LogP contribution < -0.4 is 5.32 Å². The van der Waals surface area contributed by atoms with Gasteiger partial charge in [0, 0.05) is 28.3 Å². The second-order valence-electron chi connectivity index (χ2n) is 6.09. The minimum absolute atomic E-state index is 0.0222. The van der Waals surface area contributed by atoms with Gasteiger partial charge in [0.25, 0.3) is 0 Å². The predicted octanol–water partition coefficient (Wildman–Crippen LogP) is 3.99. The highest BCUT2D eigenvalue weighted by molar-refractivity contribution is 7.80. The molecular weight excluding hydrogens is 366 g/mol. The molecule has 0 radical (unpaired) electrons. The van der Waals surface area contributed by atoms with Crippen molar-refractivity contribution in [2.24, 2.45) is 0 Å². The molecule has 26 heavy (non-hydrogen) atoms. The summed E-state index contributed by atoms with van der Waals surface area (Å²) in [4.78, 5) is 26.5. The largest absolute Gasteiger partial charge is 0.396 e. The van der Waals surface area contributed by atoms with Crippen molar-refractivity contribution in [2.75, 3.05) is 6.61 Å². The van der Waals surface area contributed by atoms with Gasteiger partial charge in [0.2, 0.25) is 0 Å². The maximum absolute atomic E-state index is 12.1. The average Bonchev–Trinajstić information content (AvgIpc) is 3.22. The smallest absolute Gasteiger partial charge is 0.185 e. The van der Waals surface area contributed by atoms with Crippen molar-refractivity contribution in [3.8, 4) is 10.4 Å². The van der Waals surface area contributed by atoms with Gasteiger partial charge in [0.05, 0.1) is 17.1 Å². The number of aliphatic hydroxyl groups excluding tert-OH is 1. The molecule has 1 aromatic heterocycles. The van der Waals surface area contributed by atoms with Gasteiger partial charge in [0.15, 0.2) is 11.6 Å². The monoisotopic (exact) mass is 385 g/mol. The van der Waals surface area contributed by atoms with Gasteiger partial charge in [-0.05, 0) is 36.6 Å². The van der Waals surface area contributed by atoms with Crippen molar-refractivity contribution in [3.63, 3.8) is 0 Å². The van der Waals surface area contributed by atoms with Gasteiger partial charge in [-0.25, -0.2) is 0 Å². The number of thiophene rings is 1. The summed E-state index contributed by atoms with van der Waals surface area (Å²) in [6, 6.07) is 11.5. The number of nitrogens with one attached hydrogen (secondary N) is 1. The molecule has 0 amide bonds. The number of carbonyl (C=O) groups is 2. The molecule has 1 aliphatic rings. The third-order valence-corrected chi connectivity index (χ3v) is 5.44. The van der Waals surface area contributed by atoms with Crippen molar-refractivity contribution in [1.29, 1.82) is 0 Å². The highest BCUT2D eigenvalue weighted by Crippen LogP contribution is 2.30. The number of allylic oxidation sites excluding steroid dienone is 1. The van der Waals surface area contributed by atoms with E-state index in [0.29, 0.717) is 35.5 Å². The molecule has 1 fully saturated rings. The van der Waals surface area contributed by atoms with Crippen molar-refractivity contribution >= 4 is 46.2 Å². The second-order valence-corrected chi connectivity index (χ2v) is 7.70. The highest BCUT2D eigenvalue weighted by Gasteiger charge is 2.21. The first-order valence-electron chi connectivity index (χ1n) is 8.46. The topological polar surface area (TPSA) is 66.4 Å². The Kier molecular flexibility index (Phi) is 6.08. The molecule has 0 aliphatic carbocycles. The van der Waals surface area contributed by atoms with Crippen molar-refractivity contribution in [2.45, 2.75) is 25.7 Å². The SMILES string of the molecule is O=C1CC(=S)N/C1=C/c1ccc(-c2ccc(C(=O)CCCCO)cc2)s1. The number of Topliss-reactive ketones (excluding diaryl/α,β-unsaturated/α-hetero) is 2. The van der Waals surface area contributed by atoms with Crippen LogP contribution in [0.4, 0.5) is 0 Å². The molecule has 0 spiro atoms. The minimum Gasteiger partial charge on any atom is -0.396 e. The molecule has 2 N–H and O–H groups in total. The van der Waals surface area contributed by atoms with Crippen LogP contribution in [0.15, 0.2) is 42.1 Å². The van der Waals surface area contributed by atoms with Gasteiger partial charge in [0.1, 0.15) is 0 Å². The van der Waals surface area contributed by atoms with E-state index in [4.69, 9.17) is 17.3 Å². The Morgan fingerprint density at radius 1 is 1.19 bits per heavy atom. The van der Waals surface area contributed by atoms with Crippen LogP contribution in [0, 0.1) is 0 Å². The quantitative estimate of drug-likeness (QED) is 0.326. The van der Waals surface area contributed by atoms with Crippen LogP contribution in [0.3, 0.4) is 0 Å². The summed E-state index contributed by atoms with van der Waals surface area (Å²) >= 11 is 6.61. The molecule has 2 aromatic rings. The van der Waals surface area contributed by atoms with Gasteiger partial charge >= 0.3 is 0 Å². The van der Waals surface area contributed by atoms with E-state index >= 15 is 0 Å². The van der Waals surface area contributed by atoms with Crippen LogP contribution in [0.2, 0.25) is 0 Å². The Labute approximate surface area is 161 Å². The summed E-state index contributed by atoms with van der Waals surface area (Å²) in [6.07, 6.45) is 3.93. The van der Waals surface area contributed by atoms with Gasteiger partial charge < -0.3 is 10.4 Å². The first kappa shape index (κ1) is 18.6. The van der Waals surface area contributed by atoms with Crippen LogP contribution in [0.5, 0.6) is 0 Å². The lowest BCUT2D eigenvalue weighted by Crippen LogP contribution is -2.10. The summed E-state index contributed by atoms with van der Waals surface area (Å²) in [5.74, 6) is 0.123. The minimum atomic E-state index is 0.0222. The molecule has 1 aromatic carbocycles. The molecule has 1 saturated heterocycles. The van der Waals surface area contributed by atoms with Crippen LogP contribution in [0.25, 0.3) is 16.5 Å². The lowest BCUT2D eigenvalue weighted by Gasteiger charge is -2.02. The van der Waals surface area contributed by atoms with E-state index in [1.54, 1.807) is 11.3 Å². The lowest BCUT2D eigenvalue weighted by molar-refractivity contribution is -0.114. The molecule has 3 rings (SSSR count). The Balaban J connectivity index is 1.70. The first-order chi connectivity index (χ1) is 12.6.